The third-order valence-corrected chi connectivity index (χ3v) is 4.07. The van der Waals surface area contributed by atoms with E-state index in [1.54, 1.807) is 18.9 Å². The van der Waals surface area contributed by atoms with Gasteiger partial charge in [0.05, 0.1) is 13.2 Å². The molecule has 0 bridgehead atoms. The van der Waals surface area contributed by atoms with Gasteiger partial charge in [-0.3, -0.25) is 4.99 Å². The van der Waals surface area contributed by atoms with Crippen LogP contribution in [0.25, 0.3) is 0 Å². The summed E-state index contributed by atoms with van der Waals surface area (Å²) in [6.07, 6.45) is 2.30. The Morgan fingerprint density at radius 1 is 1.50 bits per heavy atom. The van der Waals surface area contributed by atoms with E-state index in [4.69, 9.17) is 9.73 Å². The number of ether oxygens (including phenoxy) is 1. The molecule has 1 aliphatic rings. The summed E-state index contributed by atoms with van der Waals surface area (Å²) in [5.41, 5.74) is 2.29. The lowest BCUT2D eigenvalue weighted by molar-refractivity contribution is 0.415. The van der Waals surface area contributed by atoms with Gasteiger partial charge in [0.15, 0.2) is 5.17 Å². The molecule has 0 saturated heterocycles. The number of methoxy groups -OCH3 is 1. The maximum atomic E-state index is 5.25. The van der Waals surface area contributed by atoms with E-state index >= 15 is 0 Å². The standard InChI is InChI=1S/C14H20N2OS/c1-4-11-7-8-18-14(15-11)16-13-9-12(17-3)6-5-10(13)2/h5-6,9,11H,4,7-8H2,1-3H3,(H,15,16). The average molecular weight is 264 g/mol. The van der Waals surface area contributed by atoms with Gasteiger partial charge in [0, 0.05) is 17.5 Å². The van der Waals surface area contributed by atoms with Gasteiger partial charge in [-0.15, -0.1) is 0 Å². The second-order valence-corrected chi connectivity index (χ2v) is 5.52. The minimum absolute atomic E-state index is 0.472. The van der Waals surface area contributed by atoms with E-state index in [0.29, 0.717) is 6.04 Å². The number of hydrogen-bond donors (Lipinski definition) is 1. The first-order chi connectivity index (χ1) is 8.72. The number of amidine groups is 1. The molecule has 1 heterocycles. The summed E-state index contributed by atoms with van der Waals surface area (Å²) in [6, 6.07) is 6.53. The first-order valence-electron chi connectivity index (χ1n) is 6.35. The molecule has 18 heavy (non-hydrogen) atoms. The lowest BCUT2D eigenvalue weighted by Crippen LogP contribution is -2.19. The highest BCUT2D eigenvalue weighted by molar-refractivity contribution is 8.14. The molecular formula is C14H20N2OS. The van der Waals surface area contributed by atoms with Crippen molar-refractivity contribution in [2.24, 2.45) is 4.99 Å². The van der Waals surface area contributed by atoms with Crippen LogP contribution in [-0.4, -0.2) is 24.1 Å². The quantitative estimate of drug-likeness (QED) is 0.904. The second-order valence-electron chi connectivity index (χ2n) is 4.44. The normalized spacial score (nSPS) is 19.3. The molecule has 1 aromatic carbocycles. The zero-order valence-corrected chi connectivity index (χ0v) is 12.0. The van der Waals surface area contributed by atoms with E-state index in [2.05, 4.69) is 25.2 Å². The number of nitrogens with one attached hydrogen (secondary N) is 1. The fourth-order valence-corrected chi connectivity index (χ4v) is 2.89. The van der Waals surface area contributed by atoms with Gasteiger partial charge in [-0.2, -0.15) is 0 Å². The van der Waals surface area contributed by atoms with Crippen LogP contribution >= 0.6 is 11.8 Å². The van der Waals surface area contributed by atoms with Gasteiger partial charge in [0.2, 0.25) is 0 Å². The molecule has 0 aliphatic carbocycles. The molecule has 0 radical (unpaired) electrons. The molecule has 1 N–H and O–H groups in total. The number of aryl methyl sites for hydroxylation is 1. The van der Waals surface area contributed by atoms with E-state index in [0.717, 1.165) is 28.8 Å². The molecule has 0 spiro atoms. The Balaban J connectivity index is 2.15. The largest absolute Gasteiger partial charge is 0.497 e. The van der Waals surface area contributed by atoms with Crippen LogP contribution in [0.5, 0.6) is 5.75 Å². The summed E-state index contributed by atoms with van der Waals surface area (Å²) in [5, 5.41) is 4.45. The topological polar surface area (TPSA) is 33.6 Å². The zero-order valence-electron chi connectivity index (χ0n) is 11.2. The lowest BCUT2D eigenvalue weighted by atomic mass is 10.2. The minimum Gasteiger partial charge on any atom is -0.497 e. The smallest absolute Gasteiger partial charge is 0.161 e. The molecule has 0 aromatic heterocycles. The van der Waals surface area contributed by atoms with Crippen LogP contribution in [0.4, 0.5) is 5.69 Å². The number of thioether (sulfide) groups is 1. The summed E-state index contributed by atoms with van der Waals surface area (Å²) in [4.78, 5) is 4.72. The Labute approximate surface area is 113 Å². The van der Waals surface area contributed by atoms with Gasteiger partial charge in [-0.25, -0.2) is 0 Å². The van der Waals surface area contributed by atoms with Gasteiger partial charge in [-0.05, 0) is 31.4 Å². The lowest BCUT2D eigenvalue weighted by Gasteiger charge is -2.20. The first kappa shape index (κ1) is 13.3. The van der Waals surface area contributed by atoms with Crippen LogP contribution in [0.2, 0.25) is 0 Å². The van der Waals surface area contributed by atoms with Crippen LogP contribution in [0.15, 0.2) is 23.2 Å². The molecule has 1 aliphatic heterocycles. The SMILES string of the molecule is CCC1CCSC(Nc2cc(OC)ccc2C)=N1. The van der Waals surface area contributed by atoms with Crippen molar-refractivity contribution in [1.82, 2.24) is 0 Å². The van der Waals surface area contributed by atoms with Crippen molar-refractivity contribution in [2.75, 3.05) is 18.2 Å². The third kappa shape index (κ3) is 3.19. The summed E-state index contributed by atoms with van der Waals surface area (Å²) in [7, 11) is 1.69. The first-order valence-corrected chi connectivity index (χ1v) is 7.33. The van der Waals surface area contributed by atoms with Gasteiger partial charge >= 0.3 is 0 Å². The second kappa shape index (κ2) is 6.14. The van der Waals surface area contributed by atoms with Crippen LogP contribution in [0.3, 0.4) is 0 Å². The number of anilines is 1. The summed E-state index contributed by atoms with van der Waals surface area (Å²) in [5.74, 6) is 2.02. The van der Waals surface area contributed by atoms with Crippen molar-refractivity contribution in [3.63, 3.8) is 0 Å². The van der Waals surface area contributed by atoms with E-state index in [-0.39, 0.29) is 0 Å². The summed E-state index contributed by atoms with van der Waals surface area (Å²) in [6.45, 7) is 4.28. The Morgan fingerprint density at radius 2 is 2.33 bits per heavy atom. The molecule has 1 aromatic rings. The highest BCUT2D eigenvalue weighted by Gasteiger charge is 2.14. The molecule has 1 unspecified atom stereocenters. The molecule has 0 amide bonds. The Hall–Kier alpha value is -1.16. The maximum absolute atomic E-state index is 5.25. The minimum atomic E-state index is 0.472. The molecule has 3 nitrogen and oxygen atoms in total. The van der Waals surface area contributed by atoms with Crippen molar-refractivity contribution in [2.45, 2.75) is 32.7 Å². The monoisotopic (exact) mass is 264 g/mol. The number of hydrogen-bond acceptors (Lipinski definition) is 4. The maximum Gasteiger partial charge on any atom is 0.161 e. The number of rotatable bonds is 3. The van der Waals surface area contributed by atoms with Crippen molar-refractivity contribution in [3.8, 4) is 5.75 Å². The molecule has 1 atom stereocenters. The summed E-state index contributed by atoms with van der Waals surface area (Å²) < 4.78 is 5.25. The highest BCUT2D eigenvalue weighted by Crippen LogP contribution is 2.25. The van der Waals surface area contributed by atoms with Crippen molar-refractivity contribution < 1.29 is 4.74 Å². The molecule has 98 valence electrons. The van der Waals surface area contributed by atoms with Crippen LogP contribution in [-0.2, 0) is 0 Å². The predicted octanol–water partition coefficient (Wildman–Crippen LogP) is 3.69. The number of benzene rings is 1. The molecule has 0 saturated carbocycles. The number of nitrogens with zero attached hydrogens (tertiary/aromatic N) is 1. The van der Waals surface area contributed by atoms with Crippen molar-refractivity contribution >= 4 is 22.6 Å². The van der Waals surface area contributed by atoms with Crippen molar-refractivity contribution in [3.05, 3.63) is 23.8 Å². The van der Waals surface area contributed by atoms with Crippen molar-refractivity contribution in [1.29, 1.82) is 0 Å². The molecule has 0 fully saturated rings. The summed E-state index contributed by atoms with van der Waals surface area (Å²) >= 11 is 1.80. The Bertz CT molecular complexity index is 445. The van der Waals surface area contributed by atoms with Crippen LogP contribution in [0, 0.1) is 6.92 Å². The van der Waals surface area contributed by atoms with E-state index in [1.807, 2.05) is 12.1 Å². The fourth-order valence-electron chi connectivity index (χ4n) is 1.90. The molecular weight excluding hydrogens is 244 g/mol. The predicted molar refractivity (Wildman–Crippen MR) is 79.9 cm³/mol. The highest BCUT2D eigenvalue weighted by atomic mass is 32.2. The van der Waals surface area contributed by atoms with Crippen LogP contribution in [0.1, 0.15) is 25.3 Å². The van der Waals surface area contributed by atoms with E-state index < -0.39 is 0 Å². The van der Waals surface area contributed by atoms with E-state index in [1.165, 1.54) is 12.0 Å². The van der Waals surface area contributed by atoms with Gasteiger partial charge in [0.25, 0.3) is 0 Å². The van der Waals surface area contributed by atoms with Gasteiger partial charge in [-0.1, -0.05) is 24.8 Å². The Morgan fingerprint density at radius 3 is 3.06 bits per heavy atom. The van der Waals surface area contributed by atoms with Gasteiger partial charge in [0.1, 0.15) is 5.75 Å². The molecule has 2 rings (SSSR count). The third-order valence-electron chi connectivity index (χ3n) is 3.15. The number of aliphatic imine (C=N–C) groups is 1. The van der Waals surface area contributed by atoms with Crippen LogP contribution < -0.4 is 10.1 Å². The fraction of sp³-hybridized carbons (Fsp3) is 0.500. The zero-order chi connectivity index (χ0) is 13.0. The van der Waals surface area contributed by atoms with Gasteiger partial charge < -0.3 is 10.1 Å². The Kier molecular flexibility index (Phi) is 4.53. The molecule has 4 heteroatoms. The van der Waals surface area contributed by atoms with E-state index in [9.17, 15) is 0 Å². The average Bonchev–Trinajstić information content (AvgIpc) is 2.41.